The second-order valence-electron chi connectivity index (χ2n) is 3.21. The Bertz CT molecular complexity index is 333. The molecule has 15 heavy (non-hydrogen) atoms. The SMILES string of the molecule is C/C=C/C(NCc1ccccc1)C(=O)O. The molecule has 0 saturated heterocycles. The zero-order valence-corrected chi connectivity index (χ0v) is 8.68. The topological polar surface area (TPSA) is 49.3 Å². The third kappa shape index (κ3) is 3.95. The first-order chi connectivity index (χ1) is 7.24. The fraction of sp³-hybridized carbons (Fsp3) is 0.250. The summed E-state index contributed by atoms with van der Waals surface area (Å²) in [5, 5.41) is 11.8. The van der Waals surface area contributed by atoms with Gasteiger partial charge in [0.1, 0.15) is 6.04 Å². The molecule has 0 amide bonds. The summed E-state index contributed by atoms with van der Waals surface area (Å²) in [6, 6.07) is 9.10. The summed E-state index contributed by atoms with van der Waals surface area (Å²) in [6.45, 7) is 2.36. The number of benzene rings is 1. The van der Waals surface area contributed by atoms with Crippen LogP contribution in [0.4, 0.5) is 0 Å². The minimum absolute atomic E-state index is 0.558. The third-order valence-electron chi connectivity index (χ3n) is 2.02. The van der Waals surface area contributed by atoms with Crippen molar-refractivity contribution in [3.8, 4) is 0 Å². The number of allylic oxidation sites excluding steroid dienone is 1. The molecule has 3 nitrogen and oxygen atoms in total. The number of carboxylic acids is 1. The molecule has 80 valence electrons. The molecule has 1 unspecified atom stereocenters. The van der Waals surface area contributed by atoms with Gasteiger partial charge in [0.15, 0.2) is 0 Å². The van der Waals surface area contributed by atoms with Gasteiger partial charge in [-0.25, -0.2) is 0 Å². The summed E-state index contributed by atoms with van der Waals surface area (Å²) in [5.74, 6) is -0.857. The average molecular weight is 205 g/mol. The highest BCUT2D eigenvalue weighted by atomic mass is 16.4. The van der Waals surface area contributed by atoms with Crippen molar-refractivity contribution in [3.63, 3.8) is 0 Å². The maximum absolute atomic E-state index is 10.8. The molecule has 1 rings (SSSR count). The first-order valence-electron chi connectivity index (χ1n) is 4.87. The summed E-state index contributed by atoms with van der Waals surface area (Å²) in [7, 11) is 0. The quantitative estimate of drug-likeness (QED) is 0.721. The van der Waals surface area contributed by atoms with Gasteiger partial charge in [0.05, 0.1) is 0 Å². The monoisotopic (exact) mass is 205 g/mol. The lowest BCUT2D eigenvalue weighted by atomic mass is 10.2. The molecule has 0 aliphatic rings. The summed E-state index contributed by atoms with van der Waals surface area (Å²) in [5.41, 5.74) is 1.08. The van der Waals surface area contributed by atoms with E-state index >= 15 is 0 Å². The van der Waals surface area contributed by atoms with Gasteiger partial charge in [-0.2, -0.15) is 0 Å². The number of rotatable bonds is 5. The molecule has 0 spiro atoms. The molecular weight excluding hydrogens is 190 g/mol. The molecule has 1 aromatic carbocycles. The average Bonchev–Trinajstić information content (AvgIpc) is 2.25. The number of carbonyl (C=O) groups is 1. The predicted octanol–water partition coefficient (Wildman–Crippen LogP) is 1.81. The fourth-order valence-corrected chi connectivity index (χ4v) is 1.25. The van der Waals surface area contributed by atoms with Crippen LogP contribution in [0.1, 0.15) is 12.5 Å². The standard InChI is InChI=1S/C12H15NO2/c1-2-6-11(12(14)15)13-9-10-7-4-3-5-8-10/h2-8,11,13H,9H2,1H3,(H,14,15)/b6-2+. The maximum atomic E-state index is 10.8. The van der Waals surface area contributed by atoms with Crippen molar-refractivity contribution in [1.82, 2.24) is 5.32 Å². The molecule has 2 N–H and O–H groups in total. The molecule has 0 saturated carbocycles. The third-order valence-corrected chi connectivity index (χ3v) is 2.02. The first kappa shape index (κ1) is 11.5. The van der Waals surface area contributed by atoms with E-state index in [9.17, 15) is 4.79 Å². The van der Waals surface area contributed by atoms with Gasteiger partial charge in [0, 0.05) is 6.54 Å². The highest BCUT2D eigenvalue weighted by Crippen LogP contribution is 1.99. The largest absolute Gasteiger partial charge is 0.480 e. The second kappa shape index (κ2) is 5.98. The first-order valence-corrected chi connectivity index (χ1v) is 4.87. The van der Waals surface area contributed by atoms with E-state index in [1.54, 1.807) is 19.1 Å². The number of carboxylic acid groups (broad SMARTS) is 1. The van der Waals surface area contributed by atoms with Gasteiger partial charge in [-0.3, -0.25) is 10.1 Å². The molecule has 0 aliphatic carbocycles. The van der Waals surface area contributed by atoms with Crippen molar-refractivity contribution in [3.05, 3.63) is 48.0 Å². The molecule has 3 heteroatoms. The molecule has 0 bridgehead atoms. The van der Waals surface area contributed by atoms with Crippen LogP contribution in [0, 0.1) is 0 Å². The van der Waals surface area contributed by atoms with Gasteiger partial charge in [-0.15, -0.1) is 0 Å². The number of hydrogen-bond acceptors (Lipinski definition) is 2. The summed E-state index contributed by atoms with van der Waals surface area (Å²) in [4.78, 5) is 10.8. The van der Waals surface area contributed by atoms with Crippen molar-refractivity contribution in [1.29, 1.82) is 0 Å². The normalized spacial score (nSPS) is 12.9. The maximum Gasteiger partial charge on any atom is 0.324 e. The van der Waals surface area contributed by atoms with Crippen LogP contribution in [0.25, 0.3) is 0 Å². The summed E-state index contributed by atoms with van der Waals surface area (Å²) < 4.78 is 0. The molecule has 1 atom stereocenters. The lowest BCUT2D eigenvalue weighted by molar-refractivity contribution is -0.138. The van der Waals surface area contributed by atoms with Gasteiger partial charge in [-0.05, 0) is 12.5 Å². The molecule has 0 heterocycles. The van der Waals surface area contributed by atoms with Crippen LogP contribution in [0.2, 0.25) is 0 Å². The van der Waals surface area contributed by atoms with Crippen LogP contribution < -0.4 is 5.32 Å². The van der Waals surface area contributed by atoms with E-state index in [2.05, 4.69) is 5.32 Å². The van der Waals surface area contributed by atoms with Crippen molar-refractivity contribution in [2.24, 2.45) is 0 Å². The fourth-order valence-electron chi connectivity index (χ4n) is 1.25. The number of aliphatic carboxylic acids is 1. The van der Waals surface area contributed by atoms with Crippen LogP contribution >= 0.6 is 0 Å². The van der Waals surface area contributed by atoms with Gasteiger partial charge < -0.3 is 5.11 Å². The van der Waals surface area contributed by atoms with E-state index in [4.69, 9.17) is 5.11 Å². The Balaban J connectivity index is 2.51. The predicted molar refractivity (Wildman–Crippen MR) is 59.5 cm³/mol. The van der Waals surface area contributed by atoms with Crippen LogP contribution in [0.3, 0.4) is 0 Å². The minimum Gasteiger partial charge on any atom is -0.480 e. The van der Waals surface area contributed by atoms with Crippen LogP contribution in [0.15, 0.2) is 42.5 Å². The lowest BCUT2D eigenvalue weighted by Crippen LogP contribution is -2.34. The Labute approximate surface area is 89.4 Å². The Morgan fingerprint density at radius 2 is 2.13 bits per heavy atom. The van der Waals surface area contributed by atoms with Crippen molar-refractivity contribution < 1.29 is 9.90 Å². The zero-order valence-electron chi connectivity index (χ0n) is 8.68. The van der Waals surface area contributed by atoms with Crippen LogP contribution in [-0.4, -0.2) is 17.1 Å². The van der Waals surface area contributed by atoms with E-state index in [1.807, 2.05) is 30.3 Å². The van der Waals surface area contributed by atoms with Crippen molar-refractivity contribution in [2.45, 2.75) is 19.5 Å². The summed E-state index contributed by atoms with van der Waals surface area (Å²) in [6.07, 6.45) is 3.36. The van der Waals surface area contributed by atoms with Gasteiger partial charge in [0.2, 0.25) is 0 Å². The van der Waals surface area contributed by atoms with Crippen LogP contribution in [-0.2, 0) is 11.3 Å². The van der Waals surface area contributed by atoms with Crippen molar-refractivity contribution in [2.75, 3.05) is 0 Å². The van der Waals surface area contributed by atoms with E-state index in [0.717, 1.165) is 5.56 Å². The van der Waals surface area contributed by atoms with Gasteiger partial charge >= 0.3 is 5.97 Å². The van der Waals surface area contributed by atoms with E-state index in [0.29, 0.717) is 6.54 Å². The van der Waals surface area contributed by atoms with Crippen molar-refractivity contribution >= 4 is 5.97 Å². The summed E-state index contributed by atoms with van der Waals surface area (Å²) >= 11 is 0. The number of nitrogens with one attached hydrogen (secondary N) is 1. The second-order valence-corrected chi connectivity index (χ2v) is 3.21. The molecule has 0 aliphatic heterocycles. The Hall–Kier alpha value is -1.61. The highest BCUT2D eigenvalue weighted by Gasteiger charge is 2.11. The molecule has 0 radical (unpaired) electrons. The Kier molecular flexibility index (Phi) is 4.57. The van der Waals surface area contributed by atoms with Gasteiger partial charge in [0.25, 0.3) is 0 Å². The smallest absolute Gasteiger partial charge is 0.324 e. The number of hydrogen-bond donors (Lipinski definition) is 2. The molecule has 0 aromatic heterocycles. The molecular formula is C12H15NO2. The van der Waals surface area contributed by atoms with E-state index in [-0.39, 0.29) is 0 Å². The highest BCUT2D eigenvalue weighted by molar-refractivity contribution is 5.75. The minimum atomic E-state index is -0.857. The van der Waals surface area contributed by atoms with Gasteiger partial charge in [-0.1, -0.05) is 42.5 Å². The zero-order chi connectivity index (χ0) is 11.1. The Morgan fingerprint density at radius 1 is 1.47 bits per heavy atom. The van der Waals surface area contributed by atoms with E-state index in [1.165, 1.54) is 0 Å². The molecule has 1 aromatic rings. The Morgan fingerprint density at radius 3 is 2.67 bits per heavy atom. The lowest BCUT2D eigenvalue weighted by Gasteiger charge is -2.09. The molecule has 0 fully saturated rings. The van der Waals surface area contributed by atoms with E-state index < -0.39 is 12.0 Å². The van der Waals surface area contributed by atoms with Crippen LogP contribution in [0.5, 0.6) is 0 Å².